The number of aryl methyl sites for hydroxylation is 1. The zero-order valence-corrected chi connectivity index (χ0v) is 12.2. The van der Waals surface area contributed by atoms with Crippen LogP contribution in [0.2, 0.25) is 0 Å². The molecule has 7 heteroatoms. The molecule has 2 rings (SSSR count). The lowest BCUT2D eigenvalue weighted by Crippen LogP contribution is -2.13. The maximum atomic E-state index is 12.7. The Morgan fingerprint density at radius 3 is 2.41 bits per heavy atom. The van der Waals surface area contributed by atoms with Crippen LogP contribution in [0.25, 0.3) is 11.3 Å². The van der Waals surface area contributed by atoms with Crippen molar-refractivity contribution in [3.63, 3.8) is 0 Å². The summed E-state index contributed by atoms with van der Waals surface area (Å²) in [5, 5.41) is 21.0. The fraction of sp³-hybridized carbons (Fsp3) is 0.333. The monoisotopic (exact) mass is 311 g/mol. The highest BCUT2D eigenvalue weighted by molar-refractivity contribution is 5.71. The number of rotatable bonds is 4. The molecule has 118 valence electrons. The molecule has 0 saturated carbocycles. The molecule has 0 atom stereocenters. The van der Waals surface area contributed by atoms with Crippen molar-refractivity contribution >= 4 is 0 Å². The quantitative estimate of drug-likeness (QED) is 0.910. The molecular weight excluding hydrogens is 295 g/mol. The number of halogens is 3. The highest BCUT2D eigenvalue weighted by atomic mass is 19.4. The van der Waals surface area contributed by atoms with Crippen LogP contribution in [0, 0.1) is 6.92 Å². The van der Waals surface area contributed by atoms with Crippen LogP contribution in [0.3, 0.4) is 0 Å². The Labute approximate surface area is 126 Å². The van der Waals surface area contributed by atoms with E-state index >= 15 is 0 Å². The van der Waals surface area contributed by atoms with E-state index < -0.39 is 17.5 Å². The molecule has 0 aliphatic rings. The first-order chi connectivity index (χ1) is 10.3. The summed E-state index contributed by atoms with van der Waals surface area (Å²) in [6, 6.07) is 5.05. The summed E-state index contributed by atoms with van der Waals surface area (Å²) in [4.78, 5) is 0. The van der Waals surface area contributed by atoms with E-state index in [9.17, 15) is 18.3 Å². The largest absolute Gasteiger partial charge is 0.507 e. The van der Waals surface area contributed by atoms with Gasteiger partial charge in [0.05, 0.1) is 17.0 Å². The third-order valence-electron chi connectivity index (χ3n) is 3.17. The Hall–Kier alpha value is -2.15. The first kappa shape index (κ1) is 16.2. The van der Waals surface area contributed by atoms with Crippen LogP contribution in [0.1, 0.15) is 23.7 Å². The maximum Gasteiger partial charge on any atom is 0.416 e. The zero-order chi connectivity index (χ0) is 16.3. The molecule has 0 spiro atoms. The smallest absolute Gasteiger partial charge is 0.416 e. The van der Waals surface area contributed by atoms with Crippen LogP contribution in [-0.2, 0) is 12.7 Å². The van der Waals surface area contributed by atoms with Crippen LogP contribution in [0.15, 0.2) is 24.3 Å². The number of hydrogen-bond acceptors (Lipinski definition) is 4. The standard InChI is InChI=1S/C15H16F3N3O/c1-3-19-8-11-4-5-12(21-20-11)14-9(2)6-10(7-13(14)22)15(16,17)18/h4-7,19,22H,3,8H2,1-2H3. The molecule has 1 heterocycles. The van der Waals surface area contributed by atoms with Gasteiger partial charge in [-0.1, -0.05) is 6.92 Å². The van der Waals surface area contributed by atoms with Gasteiger partial charge < -0.3 is 10.4 Å². The van der Waals surface area contributed by atoms with E-state index in [-0.39, 0.29) is 5.56 Å². The van der Waals surface area contributed by atoms with Gasteiger partial charge in [-0.05, 0) is 43.3 Å². The van der Waals surface area contributed by atoms with E-state index in [2.05, 4.69) is 15.5 Å². The van der Waals surface area contributed by atoms with Gasteiger partial charge in [0.15, 0.2) is 0 Å². The van der Waals surface area contributed by atoms with Crippen molar-refractivity contribution in [3.05, 3.63) is 41.1 Å². The zero-order valence-electron chi connectivity index (χ0n) is 12.2. The summed E-state index contributed by atoms with van der Waals surface area (Å²) in [5.74, 6) is -0.457. The van der Waals surface area contributed by atoms with Crippen LogP contribution in [-0.4, -0.2) is 21.8 Å². The number of phenols is 1. The van der Waals surface area contributed by atoms with Crippen molar-refractivity contribution in [2.24, 2.45) is 0 Å². The SMILES string of the molecule is CCNCc1ccc(-c2c(C)cc(C(F)(F)F)cc2O)nn1. The number of alkyl halides is 3. The molecule has 4 nitrogen and oxygen atoms in total. The second kappa shape index (κ2) is 6.31. The third-order valence-corrected chi connectivity index (χ3v) is 3.17. The third kappa shape index (κ3) is 3.54. The fourth-order valence-electron chi connectivity index (χ4n) is 2.11. The number of benzene rings is 1. The molecule has 0 aliphatic carbocycles. The molecular formula is C15H16F3N3O. The van der Waals surface area contributed by atoms with Crippen molar-refractivity contribution in [1.82, 2.24) is 15.5 Å². The molecule has 2 aromatic rings. The van der Waals surface area contributed by atoms with Crippen molar-refractivity contribution < 1.29 is 18.3 Å². The van der Waals surface area contributed by atoms with Gasteiger partial charge in [0.2, 0.25) is 0 Å². The Morgan fingerprint density at radius 2 is 1.91 bits per heavy atom. The van der Waals surface area contributed by atoms with Gasteiger partial charge in [-0.2, -0.15) is 23.4 Å². The lowest BCUT2D eigenvalue weighted by atomic mass is 10.0. The fourth-order valence-corrected chi connectivity index (χ4v) is 2.11. The van der Waals surface area contributed by atoms with Gasteiger partial charge in [0.25, 0.3) is 0 Å². The predicted molar refractivity (Wildman–Crippen MR) is 76.3 cm³/mol. The van der Waals surface area contributed by atoms with Gasteiger partial charge >= 0.3 is 6.18 Å². The Kier molecular flexibility index (Phi) is 4.65. The molecule has 1 aromatic carbocycles. The Bertz CT molecular complexity index is 631. The first-order valence-electron chi connectivity index (χ1n) is 6.77. The van der Waals surface area contributed by atoms with Crippen LogP contribution < -0.4 is 5.32 Å². The molecule has 0 radical (unpaired) electrons. The minimum Gasteiger partial charge on any atom is -0.507 e. The molecule has 0 amide bonds. The van der Waals surface area contributed by atoms with E-state index in [1.165, 1.54) is 6.92 Å². The summed E-state index contributed by atoms with van der Waals surface area (Å²) >= 11 is 0. The summed E-state index contributed by atoms with van der Waals surface area (Å²) in [6.07, 6.45) is -4.50. The highest BCUT2D eigenvalue weighted by Gasteiger charge is 2.32. The highest BCUT2D eigenvalue weighted by Crippen LogP contribution is 2.38. The molecule has 22 heavy (non-hydrogen) atoms. The number of nitrogens with zero attached hydrogens (tertiary/aromatic N) is 2. The lowest BCUT2D eigenvalue weighted by molar-refractivity contribution is -0.137. The second-order valence-corrected chi connectivity index (χ2v) is 4.88. The minimum absolute atomic E-state index is 0.260. The van der Waals surface area contributed by atoms with Gasteiger partial charge in [-0.25, -0.2) is 0 Å². The van der Waals surface area contributed by atoms with Crippen molar-refractivity contribution in [2.75, 3.05) is 6.54 Å². The van der Waals surface area contributed by atoms with Crippen LogP contribution >= 0.6 is 0 Å². The van der Waals surface area contributed by atoms with Crippen molar-refractivity contribution in [2.45, 2.75) is 26.6 Å². The minimum atomic E-state index is -4.50. The van der Waals surface area contributed by atoms with Gasteiger partial charge in [0.1, 0.15) is 5.75 Å². The lowest BCUT2D eigenvalue weighted by Gasteiger charge is -2.13. The molecule has 0 aliphatic heterocycles. The average Bonchev–Trinajstić information content (AvgIpc) is 2.44. The number of hydrogen-bond donors (Lipinski definition) is 2. The second-order valence-electron chi connectivity index (χ2n) is 4.88. The van der Waals surface area contributed by atoms with E-state index in [1.807, 2.05) is 6.92 Å². The van der Waals surface area contributed by atoms with Crippen molar-refractivity contribution in [3.8, 4) is 17.0 Å². The summed E-state index contributed by atoms with van der Waals surface area (Å²) < 4.78 is 38.1. The molecule has 2 N–H and O–H groups in total. The molecule has 0 saturated heterocycles. The topological polar surface area (TPSA) is 58.0 Å². The normalized spacial score (nSPS) is 11.7. The van der Waals surface area contributed by atoms with Crippen LogP contribution in [0.4, 0.5) is 13.2 Å². The van der Waals surface area contributed by atoms with Crippen molar-refractivity contribution in [1.29, 1.82) is 0 Å². The summed E-state index contributed by atoms with van der Waals surface area (Å²) in [7, 11) is 0. The van der Waals surface area contributed by atoms with E-state index in [0.717, 1.165) is 18.3 Å². The Balaban J connectivity index is 2.36. The first-order valence-corrected chi connectivity index (χ1v) is 6.77. The van der Waals surface area contributed by atoms with E-state index in [1.54, 1.807) is 12.1 Å². The Morgan fingerprint density at radius 1 is 1.18 bits per heavy atom. The number of aromatic nitrogens is 2. The molecule has 0 bridgehead atoms. The number of aromatic hydroxyl groups is 1. The molecule has 1 aromatic heterocycles. The predicted octanol–water partition coefficient (Wildman–Crippen LogP) is 3.29. The molecule has 0 unspecified atom stereocenters. The average molecular weight is 311 g/mol. The van der Waals surface area contributed by atoms with E-state index in [0.29, 0.717) is 23.9 Å². The van der Waals surface area contributed by atoms with E-state index in [4.69, 9.17) is 0 Å². The van der Waals surface area contributed by atoms with Gasteiger partial charge in [-0.15, -0.1) is 0 Å². The maximum absolute atomic E-state index is 12.7. The number of nitrogens with one attached hydrogen (secondary N) is 1. The van der Waals surface area contributed by atoms with Gasteiger partial charge in [0, 0.05) is 12.1 Å². The molecule has 0 fully saturated rings. The number of phenolic OH excluding ortho intramolecular Hbond substituents is 1. The summed E-state index contributed by atoms with van der Waals surface area (Å²) in [5.41, 5.74) is 0.721. The van der Waals surface area contributed by atoms with Crippen LogP contribution in [0.5, 0.6) is 5.75 Å². The summed E-state index contributed by atoms with van der Waals surface area (Å²) in [6.45, 7) is 4.81. The van der Waals surface area contributed by atoms with Gasteiger partial charge in [-0.3, -0.25) is 0 Å².